The van der Waals surface area contributed by atoms with E-state index in [2.05, 4.69) is 95.3 Å². The third kappa shape index (κ3) is 28.0. The Morgan fingerprint density at radius 3 is 0.750 bits per heavy atom. The summed E-state index contributed by atoms with van der Waals surface area (Å²) in [5.41, 5.74) is 3.79. The highest BCUT2D eigenvalue weighted by Crippen LogP contribution is 2.12. The molecule has 0 amide bonds. The molecule has 3 rings (SSSR count). The van der Waals surface area contributed by atoms with Crippen molar-refractivity contribution in [2.24, 2.45) is 0 Å². The Morgan fingerprint density at radius 2 is 0.600 bits per heavy atom. The first-order valence-corrected chi connectivity index (χ1v) is 24.8. The molecule has 6 nitrogen and oxygen atoms in total. The van der Waals surface area contributed by atoms with Crippen LogP contribution in [0.1, 0.15) is 16.7 Å². The van der Waals surface area contributed by atoms with Crippen molar-refractivity contribution in [1.29, 1.82) is 0 Å². The maximum absolute atomic E-state index is 7.23. The van der Waals surface area contributed by atoms with E-state index in [9.17, 15) is 0 Å². The van der Waals surface area contributed by atoms with E-state index in [1.165, 1.54) is 16.7 Å². The molecule has 40 heavy (non-hydrogen) atoms. The molecule has 3 aromatic carbocycles. The summed E-state index contributed by atoms with van der Waals surface area (Å²) in [4.78, 5) is 21.7. The molecule has 0 atom stereocenters. The molecule has 224 valence electrons. The van der Waals surface area contributed by atoms with Crippen LogP contribution in [0.4, 0.5) is 0 Å². The first kappa shape index (κ1) is 38.5. The average Bonchev–Trinajstić information content (AvgIpc) is 2.86. The Morgan fingerprint density at radius 1 is 0.425 bits per heavy atom. The predicted molar refractivity (Wildman–Crippen MR) is 177 cm³/mol. The molecule has 0 heterocycles. The highest BCUT2D eigenvalue weighted by molar-refractivity contribution is 7.38. The smallest absolute Gasteiger partial charge is 0.324 e. The molecule has 0 aliphatic heterocycles. The summed E-state index contributed by atoms with van der Waals surface area (Å²) in [5, 5.41) is 0. The number of benzene rings is 3. The van der Waals surface area contributed by atoms with Crippen LogP contribution in [-0.2, 0) is 33.1 Å². The predicted octanol–water partition coefficient (Wildman–Crippen LogP) is 8.30. The Labute approximate surface area is 247 Å². The molecule has 0 aliphatic rings. The second kappa shape index (κ2) is 20.4. The van der Waals surface area contributed by atoms with Gasteiger partial charge in [0.1, 0.15) is 0 Å². The Kier molecular flexibility index (Phi) is 19.6. The largest absolute Gasteiger partial charge is 0.413 e. The molecule has 10 heteroatoms. The second-order valence-electron chi connectivity index (χ2n) is 11.9. The van der Waals surface area contributed by atoms with Crippen molar-refractivity contribution in [3.63, 3.8) is 0 Å². The molecule has 3 aromatic rings. The summed E-state index contributed by atoms with van der Waals surface area (Å²) in [5.74, 6) is 0. The Balaban J connectivity index is 0.000000534. The van der Waals surface area contributed by atoms with Gasteiger partial charge in [0.05, 0.1) is 19.8 Å². The monoisotopic (exact) mass is 622 g/mol. The fourth-order valence-corrected chi connectivity index (χ4v) is 4.42. The van der Waals surface area contributed by atoms with Gasteiger partial charge in [-0.15, -0.1) is 0 Å². The topological polar surface area (TPSA) is 88.4 Å². The van der Waals surface area contributed by atoms with Crippen LogP contribution in [-0.4, -0.2) is 39.6 Å². The lowest BCUT2D eigenvalue weighted by Crippen LogP contribution is -2.24. The number of rotatable bonds is 9. The van der Waals surface area contributed by atoms with Crippen LogP contribution in [0.25, 0.3) is 0 Å². The van der Waals surface area contributed by atoms with Crippen LogP contribution in [0.5, 0.6) is 0 Å². The van der Waals surface area contributed by atoms with Gasteiger partial charge in [-0.2, -0.15) is 0 Å². The van der Waals surface area contributed by atoms with Crippen molar-refractivity contribution >= 4 is 33.6 Å². The van der Waals surface area contributed by atoms with E-state index < -0.39 is 33.6 Å². The Bertz CT molecular complexity index is 861. The zero-order chi connectivity index (χ0) is 30.7. The molecule has 0 aromatic heterocycles. The van der Waals surface area contributed by atoms with E-state index in [0.29, 0.717) is 0 Å². The molecule has 0 bridgehead atoms. The molecule has 0 radical (unpaired) electrons. The van der Waals surface area contributed by atoms with Crippen LogP contribution < -0.4 is 0 Å². The van der Waals surface area contributed by atoms with Gasteiger partial charge in [0.25, 0.3) is 0 Å². The lowest BCUT2D eigenvalue weighted by atomic mass is 10.2. The number of hydrogen-bond acceptors (Lipinski definition) is 6. The van der Waals surface area contributed by atoms with Crippen LogP contribution in [0, 0.1) is 0 Å². The van der Waals surface area contributed by atoms with E-state index in [-0.39, 0.29) is 0 Å². The van der Waals surface area contributed by atoms with Crippen LogP contribution >= 0.6 is 8.60 Å². The fraction of sp³-hybridized carbons (Fsp3) is 0.400. The summed E-state index contributed by atoms with van der Waals surface area (Å²) < 4.78 is 17.3. The first-order valence-electron chi connectivity index (χ1n) is 13.4. The average molecular weight is 623 g/mol. The third-order valence-electron chi connectivity index (χ3n) is 4.54. The molecule has 0 saturated carbocycles. The van der Waals surface area contributed by atoms with Gasteiger partial charge >= 0.3 is 8.60 Å². The van der Waals surface area contributed by atoms with E-state index in [4.69, 9.17) is 28.0 Å². The first-order chi connectivity index (χ1) is 18.5. The molecule has 0 spiro atoms. The molecule has 0 unspecified atom stereocenters. The van der Waals surface area contributed by atoms with Gasteiger partial charge < -0.3 is 28.0 Å². The summed E-state index contributed by atoms with van der Waals surface area (Å²) in [6.07, 6.45) is 0. The van der Waals surface area contributed by atoms with Crippen molar-refractivity contribution in [2.75, 3.05) is 0 Å². The lowest BCUT2D eigenvalue weighted by Gasteiger charge is -2.16. The number of hydrogen-bond donors (Lipinski definition) is 3. The van der Waals surface area contributed by atoms with Crippen molar-refractivity contribution in [1.82, 2.24) is 0 Å². The van der Waals surface area contributed by atoms with Gasteiger partial charge in [0.2, 0.25) is 0 Å². The summed E-state index contributed by atoms with van der Waals surface area (Å²) in [7, 11) is -6.64. The fourth-order valence-electron chi connectivity index (χ4n) is 2.62. The van der Waals surface area contributed by atoms with Gasteiger partial charge in [0, 0.05) is 0 Å². The van der Waals surface area contributed by atoms with Crippen LogP contribution in [0.3, 0.4) is 0 Å². The Hall–Kier alpha value is -1.50. The molecular formula is C30H51O6PSi3. The molecule has 0 aliphatic carbocycles. The second-order valence-corrected chi connectivity index (χ2v) is 26.0. The molecular weight excluding hydrogens is 572 g/mol. The van der Waals surface area contributed by atoms with Gasteiger partial charge in [-0.25, -0.2) is 0 Å². The van der Waals surface area contributed by atoms with Crippen molar-refractivity contribution in [3.8, 4) is 0 Å². The van der Waals surface area contributed by atoms with Gasteiger partial charge in [0.15, 0.2) is 25.0 Å². The van der Waals surface area contributed by atoms with Crippen molar-refractivity contribution < 1.29 is 28.0 Å². The van der Waals surface area contributed by atoms with E-state index in [0.717, 1.165) is 19.8 Å². The highest BCUT2D eigenvalue weighted by atomic mass is 31.2. The molecule has 0 fully saturated rings. The maximum Gasteiger partial charge on any atom is 0.324 e. The third-order valence-corrected chi connectivity index (χ3v) is 7.58. The van der Waals surface area contributed by atoms with Crippen molar-refractivity contribution in [3.05, 3.63) is 108 Å². The van der Waals surface area contributed by atoms with E-state index in [1.54, 1.807) is 0 Å². The van der Waals surface area contributed by atoms with Crippen LogP contribution in [0.2, 0.25) is 58.9 Å². The maximum atomic E-state index is 7.23. The van der Waals surface area contributed by atoms with Gasteiger partial charge in [-0.05, 0) is 75.6 Å². The molecule has 0 saturated heterocycles. The summed E-state index contributed by atoms with van der Waals surface area (Å²) >= 11 is 0. The van der Waals surface area contributed by atoms with Crippen LogP contribution in [0.15, 0.2) is 91.0 Å². The zero-order valence-electron chi connectivity index (χ0n) is 25.8. The van der Waals surface area contributed by atoms with E-state index >= 15 is 0 Å². The lowest BCUT2D eigenvalue weighted by molar-refractivity contribution is 0.299. The van der Waals surface area contributed by atoms with Gasteiger partial charge in [-0.3, -0.25) is 0 Å². The zero-order valence-corrected chi connectivity index (χ0v) is 29.7. The van der Waals surface area contributed by atoms with Gasteiger partial charge in [-0.1, -0.05) is 91.0 Å². The minimum absolute atomic E-state index is 0.760. The quantitative estimate of drug-likeness (QED) is 0.164. The summed E-state index contributed by atoms with van der Waals surface area (Å²) in [6.45, 7) is 22.1. The molecule has 3 N–H and O–H groups in total. The van der Waals surface area contributed by atoms with E-state index in [1.807, 2.05) is 54.6 Å². The highest BCUT2D eigenvalue weighted by Gasteiger charge is 2.14. The minimum Gasteiger partial charge on any atom is -0.413 e. The minimum atomic E-state index is -2.62. The standard InChI is InChI=1S/3C10H16OSi.H3O3P/c3*1-12(2,3)11-9-10-7-5-4-6-8-10;1-4(2)3/h3*4-8H,9H2,1-3H3;1-3H. The summed E-state index contributed by atoms with van der Waals surface area (Å²) in [6, 6.07) is 30.9. The van der Waals surface area contributed by atoms with Crippen molar-refractivity contribution in [2.45, 2.75) is 78.7 Å². The SMILES string of the molecule is C[Si](C)(C)OCc1ccccc1.C[Si](C)(C)OCc1ccccc1.C[Si](C)(C)OCc1ccccc1.OP(O)O. The normalized spacial score (nSPS) is 11.3.